The molecule has 4 rings (SSSR count). The lowest BCUT2D eigenvalue weighted by atomic mass is 10.1. The molecule has 3 aromatic heterocycles. The zero-order valence-electron chi connectivity index (χ0n) is 13.7. The molecule has 0 amide bonds. The maximum atomic E-state index is 14.2. The Balaban J connectivity index is 1.73. The third-order valence-corrected chi connectivity index (χ3v) is 4.26. The molecule has 0 bridgehead atoms. The van der Waals surface area contributed by atoms with Crippen LogP contribution in [0, 0.1) is 12.7 Å². The van der Waals surface area contributed by atoms with Crippen LogP contribution in [0.1, 0.15) is 12.1 Å². The van der Waals surface area contributed by atoms with Gasteiger partial charge < -0.3 is 15.2 Å². The molecule has 3 aromatic rings. The molecule has 0 aromatic carbocycles. The van der Waals surface area contributed by atoms with Gasteiger partial charge in [-0.25, -0.2) is 13.9 Å². The van der Waals surface area contributed by atoms with Crippen molar-refractivity contribution in [3.63, 3.8) is 0 Å². The molecule has 0 saturated carbocycles. The first-order valence-corrected chi connectivity index (χ1v) is 8.12. The van der Waals surface area contributed by atoms with Crippen LogP contribution in [0.5, 0.6) is 0 Å². The van der Waals surface area contributed by atoms with Crippen LogP contribution in [0.25, 0.3) is 16.9 Å². The summed E-state index contributed by atoms with van der Waals surface area (Å²) in [5.74, 6) is -0.0843. The van der Waals surface area contributed by atoms with Gasteiger partial charge in [0.25, 0.3) is 0 Å². The van der Waals surface area contributed by atoms with Crippen LogP contribution in [0.15, 0.2) is 30.5 Å². The average molecular weight is 343 g/mol. The summed E-state index contributed by atoms with van der Waals surface area (Å²) in [7, 11) is 0. The molecule has 0 radical (unpaired) electrons. The molecule has 8 heteroatoms. The van der Waals surface area contributed by atoms with Gasteiger partial charge in [0, 0.05) is 18.4 Å². The fourth-order valence-corrected chi connectivity index (χ4v) is 2.94. The summed E-state index contributed by atoms with van der Waals surface area (Å²) in [4.78, 5) is 8.60. The predicted octanol–water partition coefficient (Wildman–Crippen LogP) is 1.80. The lowest BCUT2D eigenvalue weighted by Gasteiger charge is -2.28. The van der Waals surface area contributed by atoms with E-state index in [1.165, 1.54) is 16.8 Å². The molecule has 0 aliphatic carbocycles. The standard InChI is InChI=1S/C17H18FN5O2/c1-10-3-2-4-12(20-10)14-7-11(18)15-8-19-17(22-23(14)15)21-13-5-6-25-9-16(13)24/h2-4,7-8,13,16,24H,5-6,9H2,1H3,(H,21,22)/t13-,16-/m1/s1. The zero-order valence-corrected chi connectivity index (χ0v) is 13.7. The van der Waals surface area contributed by atoms with E-state index in [4.69, 9.17) is 4.74 Å². The van der Waals surface area contributed by atoms with Crippen molar-refractivity contribution < 1.29 is 14.2 Å². The molecule has 1 aliphatic heterocycles. The number of aryl methyl sites for hydroxylation is 1. The number of ether oxygens (including phenoxy) is 1. The van der Waals surface area contributed by atoms with E-state index in [-0.39, 0.29) is 18.2 Å². The fourth-order valence-electron chi connectivity index (χ4n) is 2.94. The molecular weight excluding hydrogens is 325 g/mol. The number of aromatic nitrogens is 4. The number of nitrogens with one attached hydrogen (secondary N) is 1. The highest BCUT2D eigenvalue weighted by Gasteiger charge is 2.24. The van der Waals surface area contributed by atoms with Gasteiger partial charge in [0.2, 0.25) is 5.95 Å². The Hall–Kier alpha value is -2.58. The van der Waals surface area contributed by atoms with Crippen molar-refractivity contribution in [3.05, 3.63) is 42.0 Å². The lowest BCUT2D eigenvalue weighted by Crippen LogP contribution is -2.42. The summed E-state index contributed by atoms with van der Waals surface area (Å²) in [5.41, 5.74) is 2.30. The number of aliphatic hydroxyl groups is 1. The van der Waals surface area contributed by atoms with Crippen LogP contribution in [0.3, 0.4) is 0 Å². The van der Waals surface area contributed by atoms with Crippen molar-refractivity contribution in [2.24, 2.45) is 0 Å². The van der Waals surface area contributed by atoms with Gasteiger partial charge in [-0.1, -0.05) is 6.07 Å². The van der Waals surface area contributed by atoms with Gasteiger partial charge >= 0.3 is 0 Å². The van der Waals surface area contributed by atoms with Gasteiger partial charge in [-0.05, 0) is 25.5 Å². The van der Waals surface area contributed by atoms with E-state index in [0.717, 1.165) is 5.69 Å². The van der Waals surface area contributed by atoms with Gasteiger partial charge in [-0.3, -0.25) is 4.98 Å². The summed E-state index contributed by atoms with van der Waals surface area (Å²) in [5, 5.41) is 17.5. The number of hydrogen-bond donors (Lipinski definition) is 2. The Morgan fingerprint density at radius 3 is 3.08 bits per heavy atom. The quantitative estimate of drug-likeness (QED) is 0.754. The molecule has 7 nitrogen and oxygen atoms in total. The number of nitrogens with zero attached hydrogens (tertiary/aromatic N) is 4. The topological polar surface area (TPSA) is 84.6 Å². The number of pyridine rings is 1. The number of halogens is 1. The zero-order chi connectivity index (χ0) is 17.4. The van der Waals surface area contributed by atoms with Crippen molar-refractivity contribution in [2.45, 2.75) is 25.5 Å². The van der Waals surface area contributed by atoms with Crippen LogP contribution in [0.2, 0.25) is 0 Å². The van der Waals surface area contributed by atoms with Crippen molar-refractivity contribution in [3.8, 4) is 11.4 Å². The Kier molecular flexibility index (Phi) is 4.06. The Morgan fingerprint density at radius 1 is 1.40 bits per heavy atom. The van der Waals surface area contributed by atoms with Crippen LogP contribution in [-0.2, 0) is 4.74 Å². The first-order valence-electron chi connectivity index (χ1n) is 8.12. The molecule has 0 spiro atoms. The van der Waals surface area contributed by atoms with E-state index in [0.29, 0.717) is 30.4 Å². The Bertz CT molecular complexity index is 913. The average Bonchev–Trinajstić information content (AvgIpc) is 2.93. The molecule has 130 valence electrons. The molecule has 25 heavy (non-hydrogen) atoms. The largest absolute Gasteiger partial charge is 0.389 e. The van der Waals surface area contributed by atoms with E-state index < -0.39 is 11.9 Å². The highest BCUT2D eigenvalue weighted by molar-refractivity contribution is 5.64. The molecule has 1 aliphatic rings. The number of fused-ring (bicyclic) bond motifs is 1. The lowest BCUT2D eigenvalue weighted by molar-refractivity contribution is -0.0136. The third kappa shape index (κ3) is 3.06. The van der Waals surface area contributed by atoms with E-state index in [2.05, 4.69) is 20.4 Å². The predicted molar refractivity (Wildman–Crippen MR) is 89.8 cm³/mol. The number of rotatable bonds is 3. The smallest absolute Gasteiger partial charge is 0.241 e. The maximum absolute atomic E-state index is 14.2. The SMILES string of the molecule is Cc1cccc(-c2cc(F)c3cnc(N[C@@H]4CCOC[C@H]4O)nn23)n1. The number of anilines is 1. The Labute approximate surface area is 143 Å². The highest BCUT2D eigenvalue weighted by atomic mass is 19.1. The van der Waals surface area contributed by atoms with Crippen molar-refractivity contribution >= 4 is 11.5 Å². The van der Waals surface area contributed by atoms with Gasteiger partial charge in [0.1, 0.15) is 5.52 Å². The summed E-state index contributed by atoms with van der Waals surface area (Å²) < 4.78 is 20.9. The minimum atomic E-state index is -0.632. The van der Waals surface area contributed by atoms with E-state index in [1.807, 2.05) is 25.1 Å². The first kappa shape index (κ1) is 15.9. The normalized spacial score (nSPS) is 20.8. The van der Waals surface area contributed by atoms with E-state index in [9.17, 15) is 9.50 Å². The minimum absolute atomic E-state index is 0.202. The summed E-state index contributed by atoms with van der Waals surface area (Å²) in [6.45, 7) is 2.72. The molecule has 2 atom stereocenters. The van der Waals surface area contributed by atoms with E-state index in [1.54, 1.807) is 0 Å². The molecule has 2 N–H and O–H groups in total. The molecule has 1 fully saturated rings. The second-order valence-corrected chi connectivity index (χ2v) is 6.10. The number of aliphatic hydroxyl groups excluding tert-OH is 1. The Morgan fingerprint density at radius 2 is 2.28 bits per heavy atom. The minimum Gasteiger partial charge on any atom is -0.389 e. The van der Waals surface area contributed by atoms with Gasteiger partial charge in [-0.15, -0.1) is 5.10 Å². The van der Waals surface area contributed by atoms with Crippen LogP contribution < -0.4 is 5.32 Å². The monoisotopic (exact) mass is 343 g/mol. The highest BCUT2D eigenvalue weighted by Crippen LogP contribution is 2.24. The second kappa shape index (κ2) is 6.38. The van der Waals surface area contributed by atoms with Crippen molar-refractivity contribution in [1.82, 2.24) is 19.6 Å². The van der Waals surface area contributed by atoms with Crippen LogP contribution in [-0.4, -0.2) is 50.0 Å². The maximum Gasteiger partial charge on any atom is 0.241 e. The van der Waals surface area contributed by atoms with Crippen LogP contribution >= 0.6 is 0 Å². The first-order chi connectivity index (χ1) is 12.1. The van der Waals surface area contributed by atoms with Gasteiger partial charge in [-0.2, -0.15) is 0 Å². The van der Waals surface area contributed by atoms with Crippen molar-refractivity contribution in [1.29, 1.82) is 0 Å². The van der Waals surface area contributed by atoms with Crippen LogP contribution in [0.4, 0.5) is 10.3 Å². The molecule has 1 saturated heterocycles. The molecule has 0 unspecified atom stereocenters. The summed E-state index contributed by atoms with van der Waals surface area (Å²) >= 11 is 0. The summed E-state index contributed by atoms with van der Waals surface area (Å²) in [6, 6.07) is 6.76. The molecule has 4 heterocycles. The second-order valence-electron chi connectivity index (χ2n) is 6.10. The fraction of sp³-hybridized carbons (Fsp3) is 0.353. The van der Waals surface area contributed by atoms with Gasteiger partial charge in [0.05, 0.1) is 36.3 Å². The molecular formula is C17H18FN5O2. The summed E-state index contributed by atoms with van der Waals surface area (Å²) in [6.07, 6.45) is 1.44. The number of hydrogen-bond acceptors (Lipinski definition) is 6. The van der Waals surface area contributed by atoms with Crippen molar-refractivity contribution in [2.75, 3.05) is 18.5 Å². The van der Waals surface area contributed by atoms with E-state index >= 15 is 0 Å². The third-order valence-electron chi connectivity index (χ3n) is 4.26. The van der Waals surface area contributed by atoms with Gasteiger partial charge in [0.15, 0.2) is 5.82 Å².